The van der Waals surface area contributed by atoms with Crippen LogP contribution in [-0.4, -0.2) is 31.7 Å². The van der Waals surface area contributed by atoms with Crippen LogP contribution in [0.3, 0.4) is 0 Å². The molecule has 100 valence electrons. The van der Waals surface area contributed by atoms with Gasteiger partial charge in [0.15, 0.2) is 5.03 Å². The van der Waals surface area contributed by atoms with E-state index >= 15 is 0 Å². The van der Waals surface area contributed by atoms with Crippen LogP contribution in [0.15, 0.2) is 22.3 Å². The van der Waals surface area contributed by atoms with Crippen molar-refractivity contribution in [3.63, 3.8) is 0 Å². The first-order chi connectivity index (χ1) is 9.01. The van der Waals surface area contributed by atoms with Crippen LogP contribution >= 0.6 is 11.8 Å². The molecule has 19 heavy (non-hydrogen) atoms. The highest BCUT2D eigenvalue weighted by Crippen LogP contribution is 2.33. The molecule has 2 aromatic rings. The third-order valence-corrected chi connectivity index (χ3v) is 3.40. The second-order valence-electron chi connectivity index (χ2n) is 3.74. The van der Waals surface area contributed by atoms with Crippen molar-refractivity contribution in [2.45, 2.75) is 17.0 Å². The first-order valence-corrected chi connectivity index (χ1v) is 6.20. The summed E-state index contributed by atoms with van der Waals surface area (Å²) in [5.74, 6) is 0.340. The molecule has 0 radical (unpaired) electrons. The molecule has 0 atom stereocenters. The minimum absolute atomic E-state index is 0.122. The van der Waals surface area contributed by atoms with E-state index in [4.69, 9.17) is 0 Å². The van der Waals surface area contributed by atoms with Crippen LogP contribution in [0.5, 0.6) is 0 Å². The largest absolute Gasteiger partial charge is 0.357 e. The zero-order valence-corrected chi connectivity index (χ0v) is 11.4. The van der Waals surface area contributed by atoms with E-state index in [1.54, 1.807) is 18.8 Å². The summed E-state index contributed by atoms with van der Waals surface area (Å²) in [4.78, 5) is 18.4. The van der Waals surface area contributed by atoms with E-state index in [1.807, 2.05) is 13.0 Å². The second kappa shape index (κ2) is 5.22. The smallest absolute Gasteiger partial charge is 0.320 e. The molecule has 0 amide bonds. The summed E-state index contributed by atoms with van der Waals surface area (Å²) in [7, 11) is 3.44. The van der Waals surface area contributed by atoms with Crippen molar-refractivity contribution in [2.75, 3.05) is 12.4 Å². The van der Waals surface area contributed by atoms with Gasteiger partial charge in [-0.1, -0.05) is 0 Å². The van der Waals surface area contributed by atoms with Crippen molar-refractivity contribution in [3.8, 4) is 0 Å². The van der Waals surface area contributed by atoms with Crippen molar-refractivity contribution < 1.29 is 4.92 Å². The number of aryl methyl sites for hydroxylation is 2. The maximum absolute atomic E-state index is 11.0. The summed E-state index contributed by atoms with van der Waals surface area (Å²) < 4.78 is 1.66. The zero-order valence-electron chi connectivity index (χ0n) is 10.6. The molecule has 0 spiro atoms. The van der Waals surface area contributed by atoms with Gasteiger partial charge in [-0.15, -0.1) is 0 Å². The summed E-state index contributed by atoms with van der Waals surface area (Å²) >= 11 is 1.19. The van der Waals surface area contributed by atoms with Crippen molar-refractivity contribution in [2.24, 2.45) is 7.05 Å². The second-order valence-corrected chi connectivity index (χ2v) is 4.75. The minimum Gasteiger partial charge on any atom is -0.357 e. The molecule has 0 saturated carbocycles. The number of nitrogens with zero attached hydrogens (tertiary/aromatic N) is 5. The molecule has 2 heterocycles. The van der Waals surface area contributed by atoms with Gasteiger partial charge in [-0.05, 0) is 24.8 Å². The topological polar surface area (TPSA) is 98.8 Å². The fourth-order valence-electron chi connectivity index (χ4n) is 1.46. The summed E-state index contributed by atoms with van der Waals surface area (Å²) in [6.07, 6.45) is 1.20. The average molecular weight is 280 g/mol. The Kier molecular flexibility index (Phi) is 3.65. The van der Waals surface area contributed by atoms with Crippen molar-refractivity contribution in [3.05, 3.63) is 28.1 Å². The molecule has 0 aromatic carbocycles. The first-order valence-electron chi connectivity index (χ1n) is 5.39. The molecule has 9 heteroatoms. The Bertz CT molecular complexity index is 626. The van der Waals surface area contributed by atoms with E-state index in [1.165, 1.54) is 18.0 Å². The van der Waals surface area contributed by atoms with Crippen LogP contribution < -0.4 is 5.32 Å². The van der Waals surface area contributed by atoms with E-state index < -0.39 is 4.92 Å². The van der Waals surface area contributed by atoms with Crippen molar-refractivity contribution in [1.82, 2.24) is 19.7 Å². The molecule has 0 saturated heterocycles. The van der Waals surface area contributed by atoms with Crippen LogP contribution in [-0.2, 0) is 7.05 Å². The van der Waals surface area contributed by atoms with Gasteiger partial charge in [0.25, 0.3) is 0 Å². The molecule has 0 unspecified atom stereocenters. The lowest BCUT2D eigenvalue weighted by molar-refractivity contribution is -0.388. The van der Waals surface area contributed by atoms with Crippen LogP contribution in [0.4, 0.5) is 11.6 Å². The number of hydrogen-bond donors (Lipinski definition) is 1. The zero-order chi connectivity index (χ0) is 14.0. The standard InChI is InChI=1S/C10H12N6O2S/c1-6-4-8(15(3)14-6)19-9-7(16(17)18)5-12-10(11-2)13-9/h4-5H,1-3H3,(H,11,12,13). The summed E-state index contributed by atoms with van der Waals surface area (Å²) in [6.45, 7) is 1.86. The van der Waals surface area contributed by atoms with Gasteiger partial charge in [0.2, 0.25) is 5.95 Å². The van der Waals surface area contributed by atoms with Gasteiger partial charge < -0.3 is 5.32 Å². The highest BCUT2D eigenvalue weighted by atomic mass is 32.2. The molecular weight excluding hydrogens is 268 g/mol. The Hall–Kier alpha value is -2.16. The first kappa shape index (κ1) is 13.3. The quantitative estimate of drug-likeness (QED) is 0.516. The third-order valence-electron chi connectivity index (χ3n) is 2.32. The van der Waals surface area contributed by atoms with Gasteiger partial charge >= 0.3 is 5.69 Å². The van der Waals surface area contributed by atoms with Gasteiger partial charge in [-0.3, -0.25) is 14.8 Å². The normalized spacial score (nSPS) is 10.5. The number of nitrogens with one attached hydrogen (secondary N) is 1. The Morgan fingerprint density at radius 1 is 1.53 bits per heavy atom. The number of anilines is 1. The minimum atomic E-state index is -0.495. The van der Waals surface area contributed by atoms with Crippen molar-refractivity contribution in [1.29, 1.82) is 0 Å². The van der Waals surface area contributed by atoms with E-state index in [0.29, 0.717) is 5.95 Å². The predicted molar refractivity (Wildman–Crippen MR) is 70.3 cm³/mol. The monoisotopic (exact) mass is 280 g/mol. The molecular formula is C10H12N6O2S. The Labute approximate surface area is 113 Å². The molecule has 0 aliphatic heterocycles. The fraction of sp³-hybridized carbons (Fsp3) is 0.300. The van der Waals surface area contributed by atoms with Crippen molar-refractivity contribution >= 4 is 23.4 Å². The number of hydrogen-bond acceptors (Lipinski definition) is 7. The third kappa shape index (κ3) is 2.81. The SMILES string of the molecule is CNc1ncc([N+](=O)[O-])c(Sc2cc(C)nn2C)n1. The maximum Gasteiger partial charge on any atom is 0.320 e. The van der Waals surface area contributed by atoms with Gasteiger partial charge in [0.05, 0.1) is 10.6 Å². The lowest BCUT2D eigenvalue weighted by Gasteiger charge is -2.04. The van der Waals surface area contributed by atoms with E-state index in [9.17, 15) is 10.1 Å². The Morgan fingerprint density at radius 2 is 2.26 bits per heavy atom. The maximum atomic E-state index is 11.0. The molecule has 1 N–H and O–H groups in total. The van der Waals surface area contributed by atoms with E-state index in [-0.39, 0.29) is 10.7 Å². The van der Waals surface area contributed by atoms with Crippen LogP contribution in [0.2, 0.25) is 0 Å². The highest BCUT2D eigenvalue weighted by Gasteiger charge is 2.19. The highest BCUT2D eigenvalue weighted by molar-refractivity contribution is 7.99. The van der Waals surface area contributed by atoms with Gasteiger partial charge in [0.1, 0.15) is 11.2 Å². The Balaban J connectivity index is 2.42. The predicted octanol–water partition coefficient (Wildman–Crippen LogP) is 1.62. The van der Waals surface area contributed by atoms with Crippen LogP contribution in [0.25, 0.3) is 0 Å². The fourth-order valence-corrected chi connectivity index (χ4v) is 2.43. The van der Waals surface area contributed by atoms with Gasteiger partial charge in [-0.2, -0.15) is 10.1 Å². The van der Waals surface area contributed by atoms with Crippen LogP contribution in [0.1, 0.15) is 5.69 Å². The van der Waals surface area contributed by atoms with Crippen LogP contribution in [0, 0.1) is 17.0 Å². The Morgan fingerprint density at radius 3 is 2.79 bits per heavy atom. The number of aromatic nitrogens is 4. The molecule has 0 aliphatic rings. The molecule has 2 aromatic heterocycles. The molecule has 8 nitrogen and oxygen atoms in total. The van der Waals surface area contributed by atoms with Gasteiger partial charge in [0, 0.05) is 14.1 Å². The summed E-state index contributed by atoms with van der Waals surface area (Å²) in [5.41, 5.74) is 0.721. The van der Waals surface area contributed by atoms with E-state index in [0.717, 1.165) is 10.7 Å². The molecule has 0 bridgehead atoms. The summed E-state index contributed by atoms with van der Waals surface area (Å²) in [5, 5.41) is 19.0. The average Bonchev–Trinajstić information content (AvgIpc) is 2.67. The molecule has 2 rings (SSSR count). The number of rotatable bonds is 4. The number of nitro groups is 1. The van der Waals surface area contributed by atoms with E-state index in [2.05, 4.69) is 20.4 Å². The molecule has 0 fully saturated rings. The molecule has 0 aliphatic carbocycles. The summed E-state index contributed by atoms with van der Waals surface area (Å²) in [6, 6.07) is 1.84. The lowest BCUT2D eigenvalue weighted by Crippen LogP contribution is -2.01. The van der Waals surface area contributed by atoms with Gasteiger partial charge in [-0.25, -0.2) is 4.98 Å². The lowest BCUT2D eigenvalue weighted by atomic mass is 10.5.